The van der Waals surface area contributed by atoms with Crippen LogP contribution in [0.3, 0.4) is 0 Å². The molecule has 10 heteroatoms. The van der Waals surface area contributed by atoms with Crippen molar-refractivity contribution < 1.29 is 32.3 Å². The van der Waals surface area contributed by atoms with E-state index in [1.807, 2.05) is 30.3 Å². The fourth-order valence-electron chi connectivity index (χ4n) is 5.57. The number of piperidine rings is 2. The third-order valence-corrected chi connectivity index (χ3v) is 7.11. The first kappa shape index (κ1) is 22.9. The van der Waals surface area contributed by atoms with Gasteiger partial charge in [0.15, 0.2) is 0 Å². The number of carbonyl (C=O) groups excluding carboxylic acids is 3. The van der Waals surface area contributed by atoms with Crippen LogP contribution >= 0.6 is 0 Å². The third kappa shape index (κ3) is 3.81. The van der Waals surface area contributed by atoms with Gasteiger partial charge in [0.25, 0.3) is 0 Å². The number of hydrogen-bond acceptors (Lipinski definition) is 5. The van der Waals surface area contributed by atoms with E-state index in [0.717, 1.165) is 16.5 Å². The highest BCUT2D eigenvalue weighted by Crippen LogP contribution is 2.50. The van der Waals surface area contributed by atoms with Crippen LogP contribution in [-0.2, 0) is 27.1 Å². The molecule has 4 fully saturated rings. The van der Waals surface area contributed by atoms with Gasteiger partial charge in [0.05, 0.1) is 34.7 Å². The summed E-state index contributed by atoms with van der Waals surface area (Å²) in [7, 11) is 0. The predicted molar refractivity (Wildman–Crippen MR) is 115 cm³/mol. The van der Waals surface area contributed by atoms with E-state index in [1.54, 1.807) is 0 Å². The number of ether oxygens (including phenoxy) is 1. The number of hydrogen-bond donors (Lipinski definition) is 0. The molecule has 0 spiro atoms. The van der Waals surface area contributed by atoms with E-state index < -0.39 is 53.1 Å². The van der Waals surface area contributed by atoms with Gasteiger partial charge in [-0.05, 0) is 42.5 Å². The highest BCUT2D eigenvalue weighted by atomic mass is 19.4. The molecule has 35 heavy (non-hydrogen) atoms. The van der Waals surface area contributed by atoms with Crippen LogP contribution in [0.25, 0.3) is 0 Å². The first-order valence-corrected chi connectivity index (χ1v) is 11.2. The van der Waals surface area contributed by atoms with Gasteiger partial charge in [-0.15, -0.1) is 0 Å². The van der Waals surface area contributed by atoms with E-state index in [9.17, 15) is 27.6 Å². The number of alkyl halides is 3. The quantitative estimate of drug-likeness (QED) is 0.613. The molecular weight excluding hydrogens is 463 g/mol. The van der Waals surface area contributed by atoms with Crippen molar-refractivity contribution in [2.24, 2.45) is 17.8 Å². The number of carbonyl (C=O) groups is 3. The smallest absolute Gasteiger partial charge is 0.417 e. The Morgan fingerprint density at radius 1 is 1.06 bits per heavy atom. The predicted octanol–water partition coefficient (Wildman–Crippen LogP) is 4.11. The van der Waals surface area contributed by atoms with Crippen molar-refractivity contribution in [3.8, 4) is 6.07 Å². The summed E-state index contributed by atoms with van der Waals surface area (Å²) in [6, 6.07) is 12.8. The second-order valence-corrected chi connectivity index (χ2v) is 9.00. The molecule has 2 aromatic carbocycles. The summed E-state index contributed by atoms with van der Waals surface area (Å²) < 4.78 is 45.8. The molecule has 4 aliphatic rings. The highest BCUT2D eigenvalue weighted by Gasteiger charge is 2.61. The summed E-state index contributed by atoms with van der Waals surface area (Å²) in [5, 5.41) is 9.04. The zero-order valence-electron chi connectivity index (χ0n) is 18.4. The number of halogens is 3. The zero-order valence-corrected chi connectivity index (χ0v) is 18.4. The maximum absolute atomic E-state index is 13.5. The molecule has 6 rings (SSSR count). The normalized spacial score (nSPS) is 25.4. The van der Waals surface area contributed by atoms with Gasteiger partial charge in [-0.3, -0.25) is 9.59 Å². The van der Waals surface area contributed by atoms with Gasteiger partial charge in [-0.25, -0.2) is 9.69 Å². The standard InChI is InChI=1S/C25H20F3N3O4/c26-25(27,28)18-10-17(8-6-15(18)11-29)31-22(32)20-16-7-9-19(21(20)23(31)33)30(12-16)24(34)35-13-14-4-2-1-3-5-14/h1-6,8,10,16,19-21H,7,9,12-13H2. The van der Waals surface area contributed by atoms with Gasteiger partial charge in [-0.2, -0.15) is 18.4 Å². The summed E-state index contributed by atoms with van der Waals surface area (Å²) in [6.07, 6.45) is -4.28. The molecule has 0 aromatic heterocycles. The minimum absolute atomic E-state index is 0.0616. The lowest BCUT2D eigenvalue weighted by Gasteiger charge is -2.49. The monoisotopic (exact) mass is 483 g/mol. The van der Waals surface area contributed by atoms with E-state index in [2.05, 4.69) is 0 Å². The summed E-state index contributed by atoms with van der Waals surface area (Å²) >= 11 is 0. The van der Waals surface area contributed by atoms with Crippen molar-refractivity contribution in [3.05, 3.63) is 65.2 Å². The molecule has 7 nitrogen and oxygen atoms in total. The summed E-state index contributed by atoms with van der Waals surface area (Å²) in [5.41, 5.74) is -1.22. The average molecular weight is 483 g/mol. The van der Waals surface area contributed by atoms with Gasteiger partial charge in [0.1, 0.15) is 6.61 Å². The Morgan fingerprint density at radius 2 is 1.77 bits per heavy atom. The number of fused-ring (bicyclic) bond motifs is 2. The fourth-order valence-corrected chi connectivity index (χ4v) is 5.57. The van der Waals surface area contributed by atoms with Crippen LogP contribution in [0.15, 0.2) is 48.5 Å². The molecular formula is C25H20F3N3O4. The van der Waals surface area contributed by atoms with E-state index in [4.69, 9.17) is 10.00 Å². The largest absolute Gasteiger partial charge is 0.445 e. The van der Waals surface area contributed by atoms with Gasteiger partial charge < -0.3 is 9.64 Å². The summed E-state index contributed by atoms with van der Waals surface area (Å²) in [6.45, 7) is 0.305. The Bertz CT molecular complexity index is 1240. The second kappa shape index (κ2) is 8.41. The number of benzene rings is 2. The Kier molecular flexibility index (Phi) is 5.50. The molecule has 3 amide bonds. The van der Waals surface area contributed by atoms with Crippen molar-refractivity contribution >= 4 is 23.6 Å². The minimum Gasteiger partial charge on any atom is -0.445 e. The number of nitrogens with zero attached hydrogens (tertiary/aromatic N) is 3. The first-order valence-electron chi connectivity index (χ1n) is 11.2. The summed E-state index contributed by atoms with van der Waals surface area (Å²) in [4.78, 5) is 41.8. The molecule has 3 saturated heterocycles. The molecule has 0 radical (unpaired) electrons. The number of imide groups is 1. The number of rotatable bonds is 3. The molecule has 4 atom stereocenters. The van der Waals surface area contributed by atoms with Gasteiger partial charge >= 0.3 is 12.3 Å². The van der Waals surface area contributed by atoms with E-state index in [1.165, 1.54) is 17.0 Å². The van der Waals surface area contributed by atoms with E-state index in [0.29, 0.717) is 18.9 Å². The molecule has 2 aromatic rings. The molecule has 4 unspecified atom stereocenters. The molecule has 3 heterocycles. The van der Waals surface area contributed by atoms with Gasteiger partial charge in [0, 0.05) is 12.6 Å². The number of anilines is 1. The van der Waals surface area contributed by atoms with Crippen molar-refractivity contribution in [1.82, 2.24) is 4.90 Å². The Balaban J connectivity index is 1.40. The van der Waals surface area contributed by atoms with Gasteiger partial charge in [0.2, 0.25) is 11.8 Å². The fraction of sp³-hybridized carbons (Fsp3) is 0.360. The van der Waals surface area contributed by atoms with Crippen LogP contribution in [0.4, 0.5) is 23.7 Å². The third-order valence-electron chi connectivity index (χ3n) is 7.11. The second-order valence-electron chi connectivity index (χ2n) is 9.00. The molecule has 3 aliphatic heterocycles. The van der Waals surface area contributed by atoms with Crippen LogP contribution in [0.2, 0.25) is 0 Å². The van der Waals surface area contributed by atoms with Crippen molar-refractivity contribution in [1.29, 1.82) is 5.26 Å². The lowest BCUT2D eigenvalue weighted by Crippen LogP contribution is -2.60. The van der Waals surface area contributed by atoms with Gasteiger partial charge in [-0.1, -0.05) is 30.3 Å². The van der Waals surface area contributed by atoms with Crippen molar-refractivity contribution in [2.75, 3.05) is 11.4 Å². The van der Waals surface area contributed by atoms with Crippen LogP contribution in [0.1, 0.15) is 29.5 Å². The topological polar surface area (TPSA) is 90.7 Å². The maximum atomic E-state index is 13.5. The number of amides is 3. The zero-order chi connectivity index (χ0) is 24.9. The SMILES string of the molecule is N#Cc1ccc(N2C(=O)C3C4CCC(C3C2=O)N(C(=O)OCc2ccccc2)C4)cc1C(F)(F)F. The molecule has 1 saturated carbocycles. The average Bonchev–Trinajstić information content (AvgIpc) is 3.14. The van der Waals surface area contributed by atoms with Crippen LogP contribution in [0.5, 0.6) is 0 Å². The molecule has 180 valence electrons. The maximum Gasteiger partial charge on any atom is 0.417 e. The minimum atomic E-state index is -4.82. The van der Waals surface area contributed by atoms with Crippen LogP contribution < -0.4 is 4.90 Å². The van der Waals surface area contributed by atoms with Crippen molar-refractivity contribution in [2.45, 2.75) is 31.7 Å². The highest BCUT2D eigenvalue weighted by molar-refractivity contribution is 6.22. The molecule has 1 aliphatic carbocycles. The molecule has 0 N–H and O–H groups in total. The van der Waals surface area contributed by atoms with E-state index in [-0.39, 0.29) is 24.8 Å². The Labute approximate surface area is 198 Å². The Hall–Kier alpha value is -3.87. The Morgan fingerprint density at radius 3 is 2.46 bits per heavy atom. The van der Waals surface area contributed by atoms with Crippen LogP contribution in [-0.4, -0.2) is 35.4 Å². The first-order chi connectivity index (χ1) is 16.7. The lowest BCUT2D eigenvalue weighted by molar-refractivity contribution is -0.138. The lowest BCUT2D eigenvalue weighted by atomic mass is 9.66. The van der Waals surface area contributed by atoms with Crippen molar-refractivity contribution in [3.63, 3.8) is 0 Å². The summed E-state index contributed by atoms with van der Waals surface area (Å²) in [5.74, 6) is -3.04. The van der Waals surface area contributed by atoms with E-state index >= 15 is 0 Å². The number of nitriles is 1. The van der Waals surface area contributed by atoms with Crippen LogP contribution in [0, 0.1) is 29.1 Å². The molecule has 2 bridgehead atoms.